The van der Waals surface area contributed by atoms with Gasteiger partial charge in [0.15, 0.2) is 0 Å². The van der Waals surface area contributed by atoms with Gasteiger partial charge in [0.05, 0.1) is 18.7 Å². The number of para-hydroxylation sites is 1. The number of rotatable bonds is 4. The van der Waals surface area contributed by atoms with E-state index in [1.807, 2.05) is 56.7 Å². The number of likely N-dealkylation sites (tertiary alicyclic amines) is 1. The van der Waals surface area contributed by atoms with E-state index in [1.54, 1.807) is 6.20 Å². The van der Waals surface area contributed by atoms with Crippen LogP contribution in [0, 0.1) is 11.3 Å². The van der Waals surface area contributed by atoms with Gasteiger partial charge in [-0.15, -0.1) is 0 Å². The number of fused-ring (bicyclic) bond motifs is 1. The molecule has 0 N–H and O–H groups in total. The molecular weight excluding hydrogens is 314 g/mol. The molecule has 0 unspecified atom stereocenters. The van der Waals surface area contributed by atoms with Crippen LogP contribution in [0.25, 0.3) is 10.9 Å². The number of aromatic nitrogens is 3. The van der Waals surface area contributed by atoms with Crippen molar-refractivity contribution in [2.24, 2.45) is 0 Å². The van der Waals surface area contributed by atoms with E-state index >= 15 is 0 Å². The molecule has 3 aromatic rings. The average molecular weight is 333 g/mol. The van der Waals surface area contributed by atoms with Crippen molar-refractivity contribution < 1.29 is 4.79 Å². The Labute approximate surface area is 145 Å². The Kier molecular flexibility index (Phi) is 3.98. The van der Waals surface area contributed by atoms with Crippen LogP contribution in [0.3, 0.4) is 0 Å². The highest BCUT2D eigenvalue weighted by Gasteiger charge is 2.31. The third-order valence-corrected chi connectivity index (χ3v) is 4.85. The van der Waals surface area contributed by atoms with E-state index in [1.165, 1.54) is 0 Å². The van der Waals surface area contributed by atoms with Crippen molar-refractivity contribution in [2.75, 3.05) is 6.54 Å². The highest BCUT2D eigenvalue weighted by Crippen LogP contribution is 2.25. The van der Waals surface area contributed by atoms with Crippen molar-refractivity contribution in [3.05, 3.63) is 54.5 Å². The maximum atomic E-state index is 13.2. The summed E-state index contributed by atoms with van der Waals surface area (Å²) in [4.78, 5) is 15.2. The lowest BCUT2D eigenvalue weighted by Gasteiger charge is -2.25. The van der Waals surface area contributed by atoms with Crippen LogP contribution in [-0.2, 0) is 13.1 Å². The lowest BCUT2D eigenvalue weighted by Crippen LogP contribution is -2.39. The normalized spacial score (nSPS) is 17.1. The molecule has 6 nitrogen and oxygen atoms in total. The molecule has 0 bridgehead atoms. The van der Waals surface area contributed by atoms with Gasteiger partial charge < -0.3 is 9.47 Å². The second-order valence-corrected chi connectivity index (χ2v) is 6.36. The summed E-state index contributed by atoms with van der Waals surface area (Å²) >= 11 is 0. The smallest absolute Gasteiger partial charge is 0.270 e. The van der Waals surface area contributed by atoms with E-state index in [0.29, 0.717) is 12.2 Å². The minimum atomic E-state index is 0.00102. The van der Waals surface area contributed by atoms with Gasteiger partial charge in [-0.1, -0.05) is 18.2 Å². The first-order valence-corrected chi connectivity index (χ1v) is 8.51. The zero-order valence-electron chi connectivity index (χ0n) is 13.9. The van der Waals surface area contributed by atoms with E-state index < -0.39 is 0 Å². The second kappa shape index (κ2) is 6.44. The van der Waals surface area contributed by atoms with Crippen molar-refractivity contribution in [2.45, 2.75) is 32.0 Å². The highest BCUT2D eigenvalue weighted by molar-refractivity contribution is 5.99. The van der Waals surface area contributed by atoms with Gasteiger partial charge in [0, 0.05) is 29.8 Å². The maximum absolute atomic E-state index is 13.2. The zero-order chi connectivity index (χ0) is 17.2. The van der Waals surface area contributed by atoms with Crippen molar-refractivity contribution in [3.63, 3.8) is 0 Å². The Hall–Kier alpha value is -3.07. The first-order valence-electron chi connectivity index (χ1n) is 8.51. The standard InChI is InChI=1S/C19H19N5O/c20-8-12-24-17-7-2-1-5-15(17)13-18(24)19(25)23-11-3-6-16(23)14-22-10-4-9-21-22/h1-2,4-5,7,9-10,13,16H,3,6,11-12,14H2/t16-/m0/s1. The summed E-state index contributed by atoms with van der Waals surface area (Å²) < 4.78 is 3.70. The quantitative estimate of drug-likeness (QED) is 0.737. The van der Waals surface area contributed by atoms with Gasteiger partial charge in [-0.25, -0.2) is 0 Å². The summed E-state index contributed by atoms with van der Waals surface area (Å²) in [6, 6.07) is 13.9. The molecule has 1 atom stereocenters. The Morgan fingerprint density at radius 3 is 3.00 bits per heavy atom. The summed E-state index contributed by atoms with van der Waals surface area (Å²) in [5.41, 5.74) is 1.52. The first-order chi connectivity index (χ1) is 12.3. The third-order valence-electron chi connectivity index (χ3n) is 4.85. The SMILES string of the molecule is N#CCn1c(C(=O)N2CCC[C@H]2Cn2cccn2)cc2ccccc21. The van der Waals surface area contributed by atoms with E-state index in [-0.39, 0.29) is 18.5 Å². The number of carbonyl (C=O) groups is 1. The van der Waals surface area contributed by atoms with E-state index in [0.717, 1.165) is 30.3 Å². The molecule has 3 heterocycles. The Balaban J connectivity index is 1.67. The van der Waals surface area contributed by atoms with Crippen molar-refractivity contribution >= 4 is 16.8 Å². The van der Waals surface area contributed by atoms with Gasteiger partial charge in [-0.2, -0.15) is 10.4 Å². The average Bonchev–Trinajstić information content (AvgIpc) is 3.36. The molecule has 6 heteroatoms. The minimum Gasteiger partial charge on any atom is -0.333 e. The predicted octanol–water partition coefficient (Wildman–Crippen LogP) is 2.67. The van der Waals surface area contributed by atoms with E-state index in [4.69, 9.17) is 0 Å². The minimum absolute atomic E-state index is 0.00102. The number of amides is 1. The molecule has 126 valence electrons. The van der Waals surface area contributed by atoms with Gasteiger partial charge in [0.25, 0.3) is 5.91 Å². The number of carbonyl (C=O) groups excluding carboxylic acids is 1. The maximum Gasteiger partial charge on any atom is 0.270 e. The van der Waals surface area contributed by atoms with E-state index in [2.05, 4.69) is 11.2 Å². The molecule has 25 heavy (non-hydrogen) atoms. The van der Waals surface area contributed by atoms with Gasteiger partial charge in [0.2, 0.25) is 0 Å². The topological polar surface area (TPSA) is 66.8 Å². The molecule has 1 aliphatic rings. The molecule has 1 aromatic carbocycles. The highest BCUT2D eigenvalue weighted by atomic mass is 16.2. The molecule has 0 saturated carbocycles. The van der Waals surface area contributed by atoms with Crippen LogP contribution in [0.15, 0.2) is 48.8 Å². The van der Waals surface area contributed by atoms with E-state index in [9.17, 15) is 10.1 Å². The second-order valence-electron chi connectivity index (χ2n) is 6.36. The van der Waals surface area contributed by atoms with Crippen LogP contribution in [0.5, 0.6) is 0 Å². The molecule has 0 radical (unpaired) electrons. The number of hydrogen-bond donors (Lipinski definition) is 0. The molecule has 0 aliphatic carbocycles. The van der Waals surface area contributed by atoms with Gasteiger partial charge in [-0.05, 0) is 31.0 Å². The van der Waals surface area contributed by atoms with Crippen LogP contribution in [0.4, 0.5) is 0 Å². The number of hydrogen-bond acceptors (Lipinski definition) is 3. The molecule has 2 aromatic heterocycles. The summed E-state index contributed by atoms with van der Waals surface area (Å²) in [7, 11) is 0. The predicted molar refractivity (Wildman–Crippen MR) is 93.8 cm³/mol. The Morgan fingerprint density at radius 1 is 1.32 bits per heavy atom. The van der Waals surface area contributed by atoms with Gasteiger partial charge >= 0.3 is 0 Å². The molecule has 1 fully saturated rings. The lowest BCUT2D eigenvalue weighted by molar-refractivity contribution is 0.0712. The van der Waals surface area contributed by atoms with Crippen LogP contribution in [0.2, 0.25) is 0 Å². The number of nitrogens with zero attached hydrogens (tertiary/aromatic N) is 5. The van der Waals surface area contributed by atoms with Crippen LogP contribution in [-0.4, -0.2) is 37.7 Å². The van der Waals surface area contributed by atoms with Gasteiger partial charge in [-0.3, -0.25) is 9.48 Å². The van der Waals surface area contributed by atoms with Crippen molar-refractivity contribution in [3.8, 4) is 6.07 Å². The fraction of sp³-hybridized carbons (Fsp3) is 0.316. The summed E-state index contributed by atoms with van der Waals surface area (Å²) in [5, 5.41) is 14.4. The first kappa shape index (κ1) is 15.5. The molecule has 4 rings (SSSR count). The van der Waals surface area contributed by atoms with Crippen LogP contribution >= 0.6 is 0 Å². The summed E-state index contributed by atoms with van der Waals surface area (Å²) in [5.74, 6) is 0.00102. The fourth-order valence-corrected chi connectivity index (χ4v) is 3.69. The molecule has 1 aliphatic heterocycles. The third kappa shape index (κ3) is 2.78. The van der Waals surface area contributed by atoms with Gasteiger partial charge in [0.1, 0.15) is 12.2 Å². The molecule has 0 spiro atoms. The molecular formula is C19H19N5O. The lowest BCUT2D eigenvalue weighted by atomic mass is 10.2. The summed E-state index contributed by atoms with van der Waals surface area (Å²) in [6.07, 6.45) is 5.65. The Bertz CT molecular complexity index is 935. The zero-order valence-corrected chi connectivity index (χ0v) is 13.9. The number of nitriles is 1. The molecule has 1 amide bonds. The monoisotopic (exact) mass is 333 g/mol. The fourth-order valence-electron chi connectivity index (χ4n) is 3.69. The largest absolute Gasteiger partial charge is 0.333 e. The van der Waals surface area contributed by atoms with Crippen molar-refractivity contribution in [1.29, 1.82) is 5.26 Å². The van der Waals surface area contributed by atoms with Crippen LogP contribution < -0.4 is 0 Å². The summed E-state index contributed by atoms with van der Waals surface area (Å²) in [6.45, 7) is 1.63. The van der Waals surface area contributed by atoms with Crippen LogP contribution in [0.1, 0.15) is 23.3 Å². The number of benzene rings is 1. The van der Waals surface area contributed by atoms with Crippen molar-refractivity contribution in [1.82, 2.24) is 19.2 Å². The Morgan fingerprint density at radius 2 is 2.20 bits per heavy atom. The molecule has 1 saturated heterocycles.